The lowest BCUT2D eigenvalue weighted by atomic mass is 10.1. The average Bonchev–Trinajstić information content (AvgIpc) is 2.99. The molecule has 4 aromatic rings. The van der Waals surface area contributed by atoms with Gasteiger partial charge in [-0.25, -0.2) is 0 Å². The first-order chi connectivity index (χ1) is 19.5. The van der Waals surface area contributed by atoms with E-state index in [0.29, 0.717) is 29.4 Å². The Morgan fingerprint density at radius 2 is 1.60 bits per heavy atom. The van der Waals surface area contributed by atoms with Gasteiger partial charge in [0.15, 0.2) is 11.5 Å². The van der Waals surface area contributed by atoms with E-state index in [0.717, 1.165) is 11.1 Å². The molecule has 0 saturated heterocycles. The van der Waals surface area contributed by atoms with Gasteiger partial charge in [0, 0.05) is 23.4 Å². The number of carbonyl (C=O) groups is 1. The molecule has 0 radical (unpaired) electrons. The Balaban J connectivity index is 1.45. The number of rotatable bonds is 11. The molecule has 40 heavy (non-hydrogen) atoms. The molecule has 0 atom stereocenters. The van der Waals surface area contributed by atoms with Gasteiger partial charge in [0.05, 0.1) is 12.0 Å². The summed E-state index contributed by atoms with van der Waals surface area (Å²) in [7, 11) is 1.57. The minimum Gasteiger partial charge on any atom is -0.493 e. The van der Waals surface area contributed by atoms with E-state index >= 15 is 0 Å². The molecule has 1 amide bonds. The lowest BCUT2D eigenvalue weighted by Crippen LogP contribution is -2.13. The van der Waals surface area contributed by atoms with Crippen LogP contribution in [0.1, 0.15) is 16.7 Å². The standard InChI is InChI=1S/C31H25N3O6/c1-38-30-16-23(14-15-29(30)40-20-22-8-3-2-4-9-22)21-39-28-13-6-5-10-24(28)17-25(19-32)31(35)33-26-11-7-12-27(18-26)34(36)37/h2-18H,20-21H2,1H3,(H,33,35)/b25-17-. The predicted molar refractivity (Wildman–Crippen MR) is 150 cm³/mol. The quantitative estimate of drug-likeness (QED) is 0.103. The second-order valence-corrected chi connectivity index (χ2v) is 8.52. The second kappa shape index (κ2) is 13.3. The van der Waals surface area contributed by atoms with Crippen LogP contribution in [0.2, 0.25) is 0 Å². The number of amides is 1. The van der Waals surface area contributed by atoms with Crippen molar-refractivity contribution in [3.8, 4) is 23.3 Å². The molecule has 0 fully saturated rings. The van der Waals surface area contributed by atoms with E-state index in [-0.39, 0.29) is 23.6 Å². The van der Waals surface area contributed by atoms with Crippen molar-refractivity contribution in [2.24, 2.45) is 0 Å². The van der Waals surface area contributed by atoms with Gasteiger partial charge in [0.25, 0.3) is 11.6 Å². The fraction of sp³-hybridized carbons (Fsp3) is 0.0968. The Kier molecular flexibility index (Phi) is 9.09. The summed E-state index contributed by atoms with van der Waals surface area (Å²) >= 11 is 0. The van der Waals surface area contributed by atoms with Gasteiger partial charge < -0.3 is 19.5 Å². The Bertz CT molecular complexity index is 1580. The zero-order valence-corrected chi connectivity index (χ0v) is 21.6. The molecule has 0 bridgehead atoms. The highest BCUT2D eigenvalue weighted by Crippen LogP contribution is 2.30. The number of non-ortho nitro benzene ring substituents is 1. The van der Waals surface area contributed by atoms with Gasteiger partial charge >= 0.3 is 0 Å². The number of hydrogen-bond acceptors (Lipinski definition) is 7. The number of benzene rings is 4. The largest absolute Gasteiger partial charge is 0.493 e. The van der Waals surface area contributed by atoms with Crippen LogP contribution in [0, 0.1) is 21.4 Å². The number of methoxy groups -OCH3 is 1. The summed E-state index contributed by atoms with van der Waals surface area (Å²) in [5, 5.41) is 23.2. The molecule has 0 unspecified atom stereocenters. The minimum absolute atomic E-state index is 0.175. The number of hydrogen-bond donors (Lipinski definition) is 1. The van der Waals surface area contributed by atoms with Gasteiger partial charge in [-0.05, 0) is 41.5 Å². The van der Waals surface area contributed by atoms with E-state index in [9.17, 15) is 20.2 Å². The third-order valence-corrected chi connectivity index (χ3v) is 5.76. The number of nitriles is 1. The summed E-state index contributed by atoms with van der Waals surface area (Å²) in [6.45, 7) is 0.602. The van der Waals surface area contributed by atoms with Crippen LogP contribution >= 0.6 is 0 Å². The molecule has 0 aromatic heterocycles. The molecule has 9 nitrogen and oxygen atoms in total. The van der Waals surface area contributed by atoms with E-state index in [2.05, 4.69) is 5.32 Å². The van der Waals surface area contributed by atoms with Gasteiger partial charge in [-0.2, -0.15) is 5.26 Å². The van der Waals surface area contributed by atoms with Crippen molar-refractivity contribution in [3.63, 3.8) is 0 Å². The van der Waals surface area contributed by atoms with Gasteiger partial charge in [-0.1, -0.05) is 60.7 Å². The Hall–Kier alpha value is -5.62. The highest BCUT2D eigenvalue weighted by Gasteiger charge is 2.14. The van der Waals surface area contributed by atoms with Crippen molar-refractivity contribution in [2.75, 3.05) is 12.4 Å². The topological polar surface area (TPSA) is 124 Å². The van der Waals surface area contributed by atoms with Gasteiger partial charge in [0.1, 0.15) is 30.6 Å². The molecule has 4 rings (SSSR count). The van der Waals surface area contributed by atoms with Crippen LogP contribution in [0.25, 0.3) is 6.08 Å². The number of nitrogens with zero attached hydrogens (tertiary/aromatic N) is 2. The van der Waals surface area contributed by atoms with Crippen molar-refractivity contribution < 1.29 is 23.9 Å². The molecular formula is C31H25N3O6. The fourth-order valence-electron chi connectivity index (χ4n) is 3.75. The Labute approximate surface area is 231 Å². The molecule has 0 spiro atoms. The van der Waals surface area contributed by atoms with Crippen LogP contribution in [0.5, 0.6) is 17.2 Å². The third kappa shape index (κ3) is 7.24. The minimum atomic E-state index is -0.700. The number of ether oxygens (including phenoxy) is 3. The van der Waals surface area contributed by atoms with Crippen LogP contribution in [-0.4, -0.2) is 17.9 Å². The van der Waals surface area contributed by atoms with Crippen molar-refractivity contribution in [1.82, 2.24) is 0 Å². The zero-order valence-electron chi connectivity index (χ0n) is 21.6. The first-order valence-corrected chi connectivity index (χ1v) is 12.2. The van der Waals surface area contributed by atoms with Gasteiger partial charge in [-0.15, -0.1) is 0 Å². The summed E-state index contributed by atoms with van der Waals surface area (Å²) in [4.78, 5) is 23.2. The molecule has 200 valence electrons. The van der Waals surface area contributed by atoms with Crippen LogP contribution in [0.3, 0.4) is 0 Å². The normalized spacial score (nSPS) is 10.8. The monoisotopic (exact) mass is 535 g/mol. The molecular weight excluding hydrogens is 510 g/mol. The Morgan fingerprint density at radius 1 is 0.875 bits per heavy atom. The maximum Gasteiger partial charge on any atom is 0.271 e. The smallest absolute Gasteiger partial charge is 0.271 e. The SMILES string of the molecule is COc1cc(COc2ccccc2/C=C(/C#N)C(=O)Nc2cccc([N+](=O)[O-])c2)ccc1OCc1ccccc1. The number of nitro benzene ring substituents is 1. The summed E-state index contributed by atoms with van der Waals surface area (Å²) in [6, 6.07) is 29.7. The molecule has 1 N–H and O–H groups in total. The van der Waals surface area contributed by atoms with Crippen molar-refractivity contribution >= 4 is 23.4 Å². The van der Waals surface area contributed by atoms with Crippen LogP contribution in [-0.2, 0) is 18.0 Å². The second-order valence-electron chi connectivity index (χ2n) is 8.52. The van der Waals surface area contributed by atoms with Crippen molar-refractivity contribution in [2.45, 2.75) is 13.2 Å². The molecule has 9 heteroatoms. The molecule has 4 aromatic carbocycles. The molecule has 0 aliphatic rings. The van der Waals surface area contributed by atoms with Crippen molar-refractivity contribution in [3.05, 3.63) is 129 Å². The lowest BCUT2D eigenvalue weighted by molar-refractivity contribution is -0.384. The van der Waals surface area contributed by atoms with E-state index in [1.54, 1.807) is 31.4 Å². The zero-order chi connectivity index (χ0) is 28.3. The maximum absolute atomic E-state index is 12.7. The van der Waals surface area contributed by atoms with Gasteiger partial charge in [0.2, 0.25) is 0 Å². The fourth-order valence-corrected chi connectivity index (χ4v) is 3.75. The van der Waals surface area contributed by atoms with Crippen molar-refractivity contribution in [1.29, 1.82) is 5.26 Å². The number of carbonyl (C=O) groups excluding carboxylic acids is 1. The van der Waals surface area contributed by atoms with E-state index < -0.39 is 10.8 Å². The highest BCUT2D eigenvalue weighted by molar-refractivity contribution is 6.09. The predicted octanol–water partition coefficient (Wildman–Crippen LogP) is 6.31. The number of nitro groups is 1. The molecule has 0 heterocycles. The molecule has 0 aliphatic carbocycles. The summed E-state index contributed by atoms with van der Waals surface area (Å²) < 4.78 is 17.4. The first-order valence-electron chi connectivity index (χ1n) is 12.2. The number of para-hydroxylation sites is 1. The Morgan fingerprint density at radius 3 is 2.35 bits per heavy atom. The number of nitrogens with one attached hydrogen (secondary N) is 1. The van der Waals surface area contributed by atoms with Crippen LogP contribution < -0.4 is 19.5 Å². The van der Waals surface area contributed by atoms with Gasteiger partial charge in [-0.3, -0.25) is 14.9 Å². The maximum atomic E-state index is 12.7. The van der Waals surface area contributed by atoms with E-state index in [1.807, 2.05) is 54.6 Å². The summed E-state index contributed by atoms with van der Waals surface area (Å²) in [5.41, 5.74) is 2.22. The van der Waals surface area contributed by atoms with E-state index in [1.165, 1.54) is 30.3 Å². The molecule has 0 saturated carbocycles. The first kappa shape index (κ1) is 27.4. The van der Waals surface area contributed by atoms with E-state index in [4.69, 9.17) is 14.2 Å². The van der Waals surface area contributed by atoms with Crippen LogP contribution in [0.15, 0.2) is 103 Å². The summed E-state index contributed by atoms with van der Waals surface area (Å²) in [6.07, 6.45) is 1.41. The summed E-state index contributed by atoms with van der Waals surface area (Å²) in [5.74, 6) is 0.928. The molecule has 0 aliphatic heterocycles. The third-order valence-electron chi connectivity index (χ3n) is 5.76. The highest BCUT2D eigenvalue weighted by atomic mass is 16.6. The lowest BCUT2D eigenvalue weighted by Gasteiger charge is -2.14. The number of anilines is 1. The van der Waals surface area contributed by atoms with Crippen LogP contribution in [0.4, 0.5) is 11.4 Å². The average molecular weight is 536 g/mol.